The van der Waals surface area contributed by atoms with Crippen molar-refractivity contribution in [2.24, 2.45) is 17.6 Å². The summed E-state index contributed by atoms with van der Waals surface area (Å²) in [5, 5.41) is 7.81. The Morgan fingerprint density at radius 2 is 2.19 bits per heavy atom. The third-order valence-electron chi connectivity index (χ3n) is 5.49. The summed E-state index contributed by atoms with van der Waals surface area (Å²) in [5.74, 6) is 1.26. The second-order valence-corrected chi connectivity index (χ2v) is 7.64. The molecule has 1 saturated heterocycles. The van der Waals surface area contributed by atoms with Gasteiger partial charge in [0, 0.05) is 33.6 Å². The molecule has 3 N–H and O–H groups in total. The minimum absolute atomic E-state index is 0. The van der Waals surface area contributed by atoms with Gasteiger partial charge < -0.3 is 10.6 Å². The summed E-state index contributed by atoms with van der Waals surface area (Å²) >= 11 is 0. The van der Waals surface area contributed by atoms with E-state index in [1.54, 1.807) is 12.3 Å². The first-order valence-corrected chi connectivity index (χ1v) is 9.51. The standard InChI is InChI=1S/C20H25FN6.2H2/c1-12(2)17(22)13-5-4-10-27(11-13)16-8-7-15(21)19(24-16)18-14-6-3-9-23-20(14)26-25-18;;/h3,6-9,12-13,17H,4-5,10-11,22H2,1-2H3,(H,23,25,26);2*1H. The number of hydrogen-bond acceptors (Lipinski definition) is 5. The molecule has 27 heavy (non-hydrogen) atoms. The van der Waals surface area contributed by atoms with Crippen molar-refractivity contribution in [3.8, 4) is 11.4 Å². The smallest absolute Gasteiger partial charge is 0.181 e. The largest absolute Gasteiger partial charge is 0.356 e. The summed E-state index contributed by atoms with van der Waals surface area (Å²) in [6.45, 7) is 6.08. The van der Waals surface area contributed by atoms with E-state index in [9.17, 15) is 4.39 Å². The Kier molecular flexibility index (Phi) is 4.78. The molecule has 0 amide bonds. The van der Waals surface area contributed by atoms with Crippen LogP contribution in [0.15, 0.2) is 30.5 Å². The van der Waals surface area contributed by atoms with Crippen LogP contribution in [-0.2, 0) is 0 Å². The fourth-order valence-corrected chi connectivity index (χ4v) is 3.89. The molecular formula is C20H29FN6. The number of H-pyrrole nitrogens is 1. The first-order chi connectivity index (χ1) is 13.0. The van der Waals surface area contributed by atoms with Gasteiger partial charge in [0.25, 0.3) is 0 Å². The number of aromatic amines is 1. The highest BCUT2D eigenvalue weighted by Crippen LogP contribution is 2.30. The lowest BCUT2D eigenvalue weighted by Gasteiger charge is -2.37. The minimum Gasteiger partial charge on any atom is -0.356 e. The monoisotopic (exact) mass is 372 g/mol. The molecule has 6 nitrogen and oxygen atoms in total. The van der Waals surface area contributed by atoms with Crippen LogP contribution in [0.1, 0.15) is 29.5 Å². The number of fused-ring (bicyclic) bond motifs is 1. The SMILES string of the molecule is CC(C)C(N)C1CCCN(c2ccc(F)c(-c3[nH]nc4ncccc34)n2)C1.[HH].[HH]. The molecule has 4 heterocycles. The molecule has 1 aliphatic rings. The Morgan fingerprint density at radius 1 is 1.33 bits per heavy atom. The number of aromatic nitrogens is 4. The topological polar surface area (TPSA) is 83.7 Å². The molecule has 4 rings (SSSR count). The lowest BCUT2D eigenvalue weighted by Crippen LogP contribution is -2.46. The molecule has 3 aromatic heterocycles. The maximum Gasteiger partial charge on any atom is 0.181 e. The molecule has 0 bridgehead atoms. The Balaban J connectivity index is 0.00000150. The van der Waals surface area contributed by atoms with Crippen molar-refractivity contribution in [1.29, 1.82) is 0 Å². The fraction of sp³-hybridized carbons (Fsp3) is 0.450. The number of anilines is 1. The first kappa shape index (κ1) is 17.9. The van der Waals surface area contributed by atoms with E-state index in [4.69, 9.17) is 5.73 Å². The molecule has 0 spiro atoms. The molecule has 0 aromatic carbocycles. The minimum atomic E-state index is -0.374. The quantitative estimate of drug-likeness (QED) is 0.727. The predicted octanol–water partition coefficient (Wildman–Crippen LogP) is 3.85. The van der Waals surface area contributed by atoms with Crippen molar-refractivity contribution < 1.29 is 7.24 Å². The first-order valence-electron chi connectivity index (χ1n) is 9.51. The lowest BCUT2D eigenvalue weighted by molar-refractivity contribution is 0.296. The van der Waals surface area contributed by atoms with Gasteiger partial charge in [0.15, 0.2) is 11.5 Å². The van der Waals surface area contributed by atoms with Crippen LogP contribution >= 0.6 is 0 Å². The number of pyridine rings is 2. The van der Waals surface area contributed by atoms with E-state index in [0.29, 0.717) is 23.2 Å². The number of nitrogens with zero attached hydrogens (tertiary/aromatic N) is 4. The third kappa shape index (κ3) is 3.39. The molecule has 146 valence electrons. The van der Waals surface area contributed by atoms with Crippen molar-refractivity contribution in [3.63, 3.8) is 0 Å². The van der Waals surface area contributed by atoms with Crippen LogP contribution < -0.4 is 10.6 Å². The number of piperidine rings is 1. The zero-order valence-electron chi connectivity index (χ0n) is 15.7. The van der Waals surface area contributed by atoms with Gasteiger partial charge in [-0.3, -0.25) is 5.10 Å². The van der Waals surface area contributed by atoms with Crippen LogP contribution in [0.25, 0.3) is 22.4 Å². The van der Waals surface area contributed by atoms with E-state index < -0.39 is 0 Å². The van der Waals surface area contributed by atoms with E-state index in [0.717, 1.165) is 37.1 Å². The average molecular weight is 372 g/mol. The Morgan fingerprint density at radius 3 is 3.00 bits per heavy atom. The highest BCUT2D eigenvalue weighted by Gasteiger charge is 2.28. The van der Waals surface area contributed by atoms with Crippen LogP contribution in [-0.4, -0.2) is 39.3 Å². The zero-order valence-corrected chi connectivity index (χ0v) is 15.7. The van der Waals surface area contributed by atoms with E-state index in [1.165, 1.54) is 6.07 Å². The summed E-state index contributed by atoms with van der Waals surface area (Å²) in [7, 11) is 0. The van der Waals surface area contributed by atoms with Gasteiger partial charge in [-0.15, -0.1) is 0 Å². The van der Waals surface area contributed by atoms with Crippen molar-refractivity contribution in [2.45, 2.75) is 32.7 Å². The van der Waals surface area contributed by atoms with Crippen LogP contribution in [0.3, 0.4) is 0 Å². The molecule has 0 aliphatic carbocycles. The van der Waals surface area contributed by atoms with Gasteiger partial charge in [-0.2, -0.15) is 5.10 Å². The number of nitrogens with two attached hydrogens (primary N) is 1. The molecular weight excluding hydrogens is 343 g/mol. The van der Waals surface area contributed by atoms with Gasteiger partial charge in [-0.1, -0.05) is 13.8 Å². The number of nitrogens with one attached hydrogen (secondary N) is 1. The highest BCUT2D eigenvalue weighted by atomic mass is 19.1. The maximum atomic E-state index is 14.6. The van der Waals surface area contributed by atoms with Crippen LogP contribution in [0.2, 0.25) is 0 Å². The summed E-state index contributed by atoms with van der Waals surface area (Å²) < 4.78 is 14.6. The van der Waals surface area contributed by atoms with Gasteiger partial charge in [-0.05, 0) is 48.9 Å². The Bertz CT molecular complexity index is 948. The zero-order chi connectivity index (χ0) is 19.0. The van der Waals surface area contributed by atoms with Gasteiger partial charge in [-0.25, -0.2) is 14.4 Å². The van der Waals surface area contributed by atoms with Crippen LogP contribution in [0.5, 0.6) is 0 Å². The predicted molar refractivity (Wildman–Crippen MR) is 109 cm³/mol. The Hall–Kier alpha value is -2.54. The van der Waals surface area contributed by atoms with Crippen molar-refractivity contribution in [2.75, 3.05) is 18.0 Å². The van der Waals surface area contributed by atoms with Crippen molar-refractivity contribution in [3.05, 3.63) is 36.3 Å². The molecule has 1 fully saturated rings. The van der Waals surface area contributed by atoms with Gasteiger partial charge in [0.1, 0.15) is 11.5 Å². The van der Waals surface area contributed by atoms with Gasteiger partial charge in [0.05, 0.1) is 5.69 Å². The third-order valence-corrected chi connectivity index (χ3v) is 5.49. The second-order valence-electron chi connectivity index (χ2n) is 7.64. The molecule has 1 aliphatic heterocycles. The summed E-state index contributed by atoms with van der Waals surface area (Å²) in [4.78, 5) is 11.1. The average Bonchev–Trinajstić information content (AvgIpc) is 3.12. The van der Waals surface area contributed by atoms with E-state index in [2.05, 4.69) is 38.9 Å². The maximum absolute atomic E-state index is 14.6. The molecule has 2 unspecified atom stereocenters. The summed E-state index contributed by atoms with van der Waals surface area (Å²) in [5.41, 5.74) is 7.79. The molecule has 3 aromatic rings. The van der Waals surface area contributed by atoms with E-state index in [-0.39, 0.29) is 20.4 Å². The van der Waals surface area contributed by atoms with Gasteiger partial charge >= 0.3 is 0 Å². The number of halogens is 1. The van der Waals surface area contributed by atoms with Crippen molar-refractivity contribution in [1.82, 2.24) is 20.2 Å². The van der Waals surface area contributed by atoms with Gasteiger partial charge in [0.2, 0.25) is 0 Å². The molecule has 7 heteroatoms. The van der Waals surface area contributed by atoms with Crippen LogP contribution in [0, 0.1) is 17.7 Å². The Labute approximate surface area is 161 Å². The number of hydrogen-bond donors (Lipinski definition) is 2. The normalized spacial score (nSPS) is 19.0. The molecule has 0 radical (unpaired) electrons. The fourth-order valence-electron chi connectivity index (χ4n) is 3.89. The summed E-state index contributed by atoms with van der Waals surface area (Å²) in [6, 6.07) is 7.07. The molecule has 2 atom stereocenters. The molecule has 0 saturated carbocycles. The van der Waals surface area contributed by atoms with Crippen LogP contribution in [0.4, 0.5) is 10.2 Å². The van der Waals surface area contributed by atoms with E-state index in [1.807, 2.05) is 12.1 Å². The van der Waals surface area contributed by atoms with Crippen molar-refractivity contribution >= 4 is 16.9 Å². The number of rotatable bonds is 4. The summed E-state index contributed by atoms with van der Waals surface area (Å²) in [6.07, 6.45) is 3.86. The lowest BCUT2D eigenvalue weighted by atomic mass is 9.85. The van der Waals surface area contributed by atoms with E-state index >= 15 is 0 Å². The highest BCUT2D eigenvalue weighted by molar-refractivity contribution is 5.89. The second kappa shape index (κ2) is 7.23.